The molecule has 19 heavy (non-hydrogen) atoms. The van der Waals surface area contributed by atoms with Crippen molar-refractivity contribution in [2.75, 3.05) is 0 Å². The van der Waals surface area contributed by atoms with E-state index in [9.17, 15) is 9.90 Å². The predicted molar refractivity (Wildman–Crippen MR) is 74.5 cm³/mol. The van der Waals surface area contributed by atoms with Crippen LogP contribution in [0.4, 0.5) is 0 Å². The molecule has 2 rings (SSSR count). The zero-order valence-corrected chi connectivity index (χ0v) is 11.2. The van der Waals surface area contributed by atoms with Crippen molar-refractivity contribution in [3.05, 3.63) is 58.1 Å². The summed E-state index contributed by atoms with van der Waals surface area (Å²) in [6, 6.07) is 11.6. The number of rotatable bonds is 3. The predicted octanol–water partition coefficient (Wildman–Crippen LogP) is 3.78. The maximum absolute atomic E-state index is 10.7. The van der Waals surface area contributed by atoms with Crippen molar-refractivity contribution in [1.82, 2.24) is 0 Å². The molecule has 0 heterocycles. The van der Waals surface area contributed by atoms with Crippen LogP contribution in [0.5, 0.6) is 0 Å². The average molecular weight is 297 g/mol. The van der Waals surface area contributed by atoms with E-state index < -0.39 is 12.1 Å². The lowest BCUT2D eigenvalue weighted by Crippen LogP contribution is -2.10. The van der Waals surface area contributed by atoms with Crippen LogP contribution in [0.1, 0.15) is 11.7 Å². The Morgan fingerprint density at radius 3 is 2.26 bits per heavy atom. The summed E-state index contributed by atoms with van der Waals surface area (Å²) in [6.45, 7) is 0. The Bertz CT molecular complexity index is 609. The Morgan fingerprint density at radius 2 is 1.68 bits per heavy atom. The Hall–Kier alpha value is -1.55. The summed E-state index contributed by atoms with van der Waals surface area (Å²) in [5.74, 6) is -1.28. The standard InChI is InChI=1S/C14H10Cl2O3/c15-10-5-6-12(16)11(7-10)8-1-3-9(4-2-8)13(17)14(18)19/h1-7,13,17H,(H,18,19). The van der Waals surface area contributed by atoms with Gasteiger partial charge in [0.2, 0.25) is 0 Å². The fourth-order valence-electron chi connectivity index (χ4n) is 1.71. The highest BCUT2D eigenvalue weighted by Crippen LogP contribution is 2.31. The number of carbonyl (C=O) groups is 1. The zero-order valence-electron chi connectivity index (χ0n) is 9.68. The molecule has 5 heteroatoms. The van der Waals surface area contributed by atoms with E-state index in [4.69, 9.17) is 28.3 Å². The number of carboxylic acid groups (broad SMARTS) is 1. The van der Waals surface area contributed by atoms with E-state index in [0.29, 0.717) is 15.6 Å². The van der Waals surface area contributed by atoms with Gasteiger partial charge in [-0.3, -0.25) is 0 Å². The molecular weight excluding hydrogens is 287 g/mol. The van der Waals surface area contributed by atoms with Gasteiger partial charge in [0.1, 0.15) is 0 Å². The molecule has 2 aromatic carbocycles. The first-order valence-corrected chi connectivity index (χ1v) is 6.21. The molecular formula is C14H10Cl2O3. The molecule has 0 saturated carbocycles. The average Bonchev–Trinajstić information content (AvgIpc) is 2.41. The van der Waals surface area contributed by atoms with Crippen molar-refractivity contribution in [1.29, 1.82) is 0 Å². The first-order chi connectivity index (χ1) is 8.99. The fourth-order valence-corrected chi connectivity index (χ4v) is 2.11. The van der Waals surface area contributed by atoms with Crippen LogP contribution in [-0.4, -0.2) is 16.2 Å². The third-order valence-corrected chi connectivity index (χ3v) is 3.26. The minimum absolute atomic E-state index is 0.314. The first-order valence-electron chi connectivity index (χ1n) is 5.45. The van der Waals surface area contributed by atoms with E-state index in [1.165, 1.54) is 0 Å². The first kappa shape index (κ1) is 13.9. The van der Waals surface area contributed by atoms with E-state index in [-0.39, 0.29) is 0 Å². The van der Waals surface area contributed by atoms with Crippen LogP contribution >= 0.6 is 23.2 Å². The molecule has 0 radical (unpaired) electrons. The topological polar surface area (TPSA) is 57.5 Å². The molecule has 0 amide bonds. The van der Waals surface area contributed by atoms with Gasteiger partial charge in [-0.1, -0.05) is 47.5 Å². The van der Waals surface area contributed by atoms with E-state index in [1.54, 1.807) is 42.5 Å². The summed E-state index contributed by atoms with van der Waals surface area (Å²) in [7, 11) is 0. The highest BCUT2D eigenvalue weighted by molar-refractivity contribution is 6.35. The number of aliphatic carboxylic acids is 1. The second kappa shape index (κ2) is 5.61. The third kappa shape index (κ3) is 3.07. The lowest BCUT2D eigenvalue weighted by atomic mass is 10.0. The van der Waals surface area contributed by atoms with Crippen LogP contribution in [0.3, 0.4) is 0 Å². The number of benzene rings is 2. The van der Waals surface area contributed by atoms with Crippen LogP contribution in [0.15, 0.2) is 42.5 Å². The van der Waals surface area contributed by atoms with Crippen LogP contribution in [0, 0.1) is 0 Å². The molecule has 0 spiro atoms. The van der Waals surface area contributed by atoms with Crippen LogP contribution in [0.25, 0.3) is 11.1 Å². The van der Waals surface area contributed by atoms with E-state index >= 15 is 0 Å². The molecule has 0 fully saturated rings. The molecule has 98 valence electrons. The molecule has 3 nitrogen and oxygen atoms in total. The fraction of sp³-hybridized carbons (Fsp3) is 0.0714. The van der Waals surface area contributed by atoms with Crippen molar-refractivity contribution in [3.8, 4) is 11.1 Å². The van der Waals surface area contributed by atoms with Gasteiger partial charge < -0.3 is 10.2 Å². The third-order valence-electron chi connectivity index (χ3n) is 2.70. The minimum Gasteiger partial charge on any atom is -0.479 e. The Morgan fingerprint density at radius 1 is 1.05 bits per heavy atom. The normalized spacial score (nSPS) is 12.2. The summed E-state index contributed by atoms with van der Waals surface area (Å²) in [5, 5.41) is 19.2. The van der Waals surface area contributed by atoms with Gasteiger partial charge in [-0.05, 0) is 29.3 Å². The van der Waals surface area contributed by atoms with Gasteiger partial charge in [-0.25, -0.2) is 4.79 Å². The quantitative estimate of drug-likeness (QED) is 0.906. The highest BCUT2D eigenvalue weighted by Gasteiger charge is 2.15. The van der Waals surface area contributed by atoms with Gasteiger partial charge >= 0.3 is 5.97 Å². The Labute approximate surface area is 120 Å². The van der Waals surface area contributed by atoms with Crippen LogP contribution < -0.4 is 0 Å². The van der Waals surface area contributed by atoms with Gasteiger partial charge in [-0.2, -0.15) is 0 Å². The summed E-state index contributed by atoms with van der Waals surface area (Å²) >= 11 is 12.0. The molecule has 2 N–H and O–H groups in total. The molecule has 0 aromatic heterocycles. The maximum atomic E-state index is 10.7. The summed E-state index contributed by atoms with van der Waals surface area (Å²) in [6.07, 6.45) is -1.52. The monoisotopic (exact) mass is 296 g/mol. The Kier molecular flexibility index (Phi) is 4.10. The number of aliphatic hydroxyl groups is 1. The van der Waals surface area contributed by atoms with Gasteiger partial charge in [0.15, 0.2) is 6.10 Å². The van der Waals surface area contributed by atoms with Crippen LogP contribution in [-0.2, 0) is 4.79 Å². The SMILES string of the molecule is O=C(O)C(O)c1ccc(-c2cc(Cl)ccc2Cl)cc1. The second-order valence-electron chi connectivity index (χ2n) is 3.99. The second-order valence-corrected chi connectivity index (χ2v) is 4.83. The van der Waals surface area contributed by atoms with Gasteiger partial charge in [-0.15, -0.1) is 0 Å². The molecule has 0 saturated heterocycles. The minimum atomic E-state index is -1.52. The number of hydrogen-bond donors (Lipinski definition) is 2. The lowest BCUT2D eigenvalue weighted by Gasteiger charge is -2.08. The van der Waals surface area contributed by atoms with E-state index in [0.717, 1.165) is 11.1 Å². The highest BCUT2D eigenvalue weighted by atomic mass is 35.5. The molecule has 1 unspecified atom stereocenters. The maximum Gasteiger partial charge on any atom is 0.337 e. The van der Waals surface area contributed by atoms with E-state index in [2.05, 4.69) is 0 Å². The molecule has 0 aliphatic rings. The number of aliphatic hydroxyl groups excluding tert-OH is 1. The van der Waals surface area contributed by atoms with Crippen molar-refractivity contribution in [2.24, 2.45) is 0 Å². The van der Waals surface area contributed by atoms with Crippen molar-refractivity contribution >= 4 is 29.2 Å². The van der Waals surface area contributed by atoms with Crippen molar-refractivity contribution in [2.45, 2.75) is 6.10 Å². The lowest BCUT2D eigenvalue weighted by molar-refractivity contribution is -0.146. The molecule has 0 aliphatic heterocycles. The number of carboxylic acids is 1. The zero-order chi connectivity index (χ0) is 14.0. The smallest absolute Gasteiger partial charge is 0.337 e. The van der Waals surface area contributed by atoms with Gasteiger partial charge in [0.05, 0.1) is 0 Å². The number of halogens is 2. The number of hydrogen-bond acceptors (Lipinski definition) is 2. The Balaban J connectivity index is 2.37. The summed E-state index contributed by atoms with van der Waals surface area (Å²) < 4.78 is 0. The molecule has 0 bridgehead atoms. The molecule has 2 aromatic rings. The van der Waals surface area contributed by atoms with Gasteiger partial charge in [0, 0.05) is 15.6 Å². The molecule has 0 aliphatic carbocycles. The van der Waals surface area contributed by atoms with Crippen molar-refractivity contribution in [3.63, 3.8) is 0 Å². The molecule has 1 atom stereocenters. The van der Waals surface area contributed by atoms with Gasteiger partial charge in [0.25, 0.3) is 0 Å². The van der Waals surface area contributed by atoms with Crippen LogP contribution in [0.2, 0.25) is 10.0 Å². The van der Waals surface area contributed by atoms with E-state index in [1.807, 2.05) is 0 Å². The largest absolute Gasteiger partial charge is 0.479 e. The summed E-state index contributed by atoms with van der Waals surface area (Å²) in [5.41, 5.74) is 1.87. The summed E-state index contributed by atoms with van der Waals surface area (Å²) in [4.78, 5) is 10.7. The van der Waals surface area contributed by atoms with Crippen molar-refractivity contribution < 1.29 is 15.0 Å².